The van der Waals surface area contributed by atoms with Crippen molar-refractivity contribution in [2.45, 2.75) is 26.9 Å². The molecule has 0 aliphatic heterocycles. The van der Waals surface area contributed by atoms with Gasteiger partial charge < -0.3 is 14.6 Å². The van der Waals surface area contributed by atoms with Crippen molar-refractivity contribution in [3.63, 3.8) is 0 Å². The van der Waals surface area contributed by atoms with Crippen molar-refractivity contribution in [2.75, 3.05) is 19.0 Å². The highest BCUT2D eigenvalue weighted by Gasteiger charge is 2.05. The normalized spacial score (nSPS) is 10.7. The monoisotopic (exact) mass is 259 g/mol. The van der Waals surface area contributed by atoms with Crippen LogP contribution in [0.1, 0.15) is 16.8 Å². The molecular formula is C15H21N3O. The van der Waals surface area contributed by atoms with Crippen LogP contribution in [0.5, 0.6) is 0 Å². The number of nitrogens with one attached hydrogen (secondary N) is 1. The molecule has 1 N–H and O–H groups in total. The lowest BCUT2D eigenvalue weighted by molar-refractivity contribution is 0.187. The van der Waals surface area contributed by atoms with E-state index >= 15 is 0 Å². The van der Waals surface area contributed by atoms with Crippen LogP contribution in [0.4, 0.5) is 5.95 Å². The quantitative estimate of drug-likeness (QED) is 0.867. The summed E-state index contributed by atoms with van der Waals surface area (Å²) < 4.78 is 7.20. The summed E-state index contributed by atoms with van der Waals surface area (Å²) in [6.45, 7) is 6.39. The Kier molecular flexibility index (Phi) is 4.58. The minimum absolute atomic E-state index is 0.689. The van der Waals surface area contributed by atoms with E-state index in [2.05, 4.69) is 46.1 Å². The average molecular weight is 259 g/mol. The summed E-state index contributed by atoms with van der Waals surface area (Å²) in [6, 6.07) is 8.49. The number of hydrogen-bond donors (Lipinski definition) is 1. The van der Waals surface area contributed by atoms with Gasteiger partial charge in [0.2, 0.25) is 5.95 Å². The summed E-state index contributed by atoms with van der Waals surface area (Å²) in [5.74, 6) is 0.899. The molecule has 1 aromatic heterocycles. The minimum atomic E-state index is 0.689. The van der Waals surface area contributed by atoms with Crippen molar-refractivity contribution in [1.82, 2.24) is 9.55 Å². The lowest BCUT2D eigenvalue weighted by atomic mass is 10.1. The van der Waals surface area contributed by atoms with Gasteiger partial charge in [-0.25, -0.2) is 4.98 Å². The van der Waals surface area contributed by atoms with Gasteiger partial charge in [-0.05, 0) is 19.4 Å². The van der Waals surface area contributed by atoms with Crippen molar-refractivity contribution in [3.05, 3.63) is 47.3 Å². The third-order valence-corrected chi connectivity index (χ3v) is 2.97. The summed E-state index contributed by atoms with van der Waals surface area (Å²) in [4.78, 5) is 4.50. The van der Waals surface area contributed by atoms with Crippen molar-refractivity contribution in [1.29, 1.82) is 0 Å². The van der Waals surface area contributed by atoms with Crippen molar-refractivity contribution in [2.24, 2.45) is 0 Å². The summed E-state index contributed by atoms with van der Waals surface area (Å²) in [5, 5.41) is 3.38. The molecule has 1 aromatic carbocycles. The molecule has 0 saturated heterocycles. The molecular weight excluding hydrogens is 238 g/mol. The largest absolute Gasteiger partial charge is 0.383 e. The molecule has 4 nitrogen and oxygen atoms in total. The Morgan fingerprint density at radius 2 is 2.16 bits per heavy atom. The first-order chi connectivity index (χ1) is 9.19. The first kappa shape index (κ1) is 13.6. The highest BCUT2D eigenvalue weighted by molar-refractivity contribution is 5.32. The third-order valence-electron chi connectivity index (χ3n) is 2.97. The third kappa shape index (κ3) is 3.83. The number of methoxy groups -OCH3 is 1. The van der Waals surface area contributed by atoms with Crippen LogP contribution in [0.3, 0.4) is 0 Å². The first-order valence-electron chi connectivity index (χ1n) is 6.51. The predicted octanol–water partition coefficient (Wildman–Crippen LogP) is 2.76. The Bertz CT molecular complexity index is 534. The molecule has 0 amide bonds. The second kappa shape index (κ2) is 6.38. The fraction of sp³-hybridized carbons (Fsp3) is 0.400. The highest BCUT2D eigenvalue weighted by atomic mass is 16.5. The van der Waals surface area contributed by atoms with Gasteiger partial charge in [0.25, 0.3) is 0 Å². The second-order valence-electron chi connectivity index (χ2n) is 4.73. The van der Waals surface area contributed by atoms with E-state index in [1.165, 1.54) is 11.1 Å². The Morgan fingerprint density at radius 1 is 1.32 bits per heavy atom. The van der Waals surface area contributed by atoms with Gasteiger partial charge in [0.15, 0.2) is 0 Å². The van der Waals surface area contributed by atoms with Crippen LogP contribution in [0, 0.1) is 13.8 Å². The molecule has 102 valence electrons. The Labute approximate surface area is 114 Å². The van der Waals surface area contributed by atoms with Crippen molar-refractivity contribution < 1.29 is 4.74 Å². The fourth-order valence-corrected chi connectivity index (χ4v) is 2.05. The molecule has 0 saturated carbocycles. The van der Waals surface area contributed by atoms with E-state index < -0.39 is 0 Å². The molecule has 0 bridgehead atoms. The van der Waals surface area contributed by atoms with E-state index in [4.69, 9.17) is 4.74 Å². The lowest BCUT2D eigenvalue weighted by Gasteiger charge is -2.09. The molecule has 0 spiro atoms. The van der Waals surface area contributed by atoms with Gasteiger partial charge in [-0.15, -0.1) is 0 Å². The summed E-state index contributed by atoms with van der Waals surface area (Å²) in [5.41, 5.74) is 3.56. The maximum atomic E-state index is 5.11. The highest BCUT2D eigenvalue weighted by Crippen LogP contribution is 2.11. The predicted molar refractivity (Wildman–Crippen MR) is 77.3 cm³/mol. The Balaban J connectivity index is 2.02. The minimum Gasteiger partial charge on any atom is -0.383 e. The van der Waals surface area contributed by atoms with Gasteiger partial charge >= 0.3 is 0 Å². The Hall–Kier alpha value is -1.81. The number of ether oxygens (including phenoxy) is 1. The van der Waals surface area contributed by atoms with Gasteiger partial charge in [-0.1, -0.05) is 29.8 Å². The van der Waals surface area contributed by atoms with Crippen LogP contribution in [0.25, 0.3) is 0 Å². The molecule has 19 heavy (non-hydrogen) atoms. The van der Waals surface area contributed by atoms with E-state index in [0.29, 0.717) is 6.61 Å². The number of benzene rings is 1. The number of aryl methyl sites for hydroxylation is 2. The number of imidazole rings is 1. The topological polar surface area (TPSA) is 39.1 Å². The van der Waals surface area contributed by atoms with Gasteiger partial charge in [0.1, 0.15) is 0 Å². The van der Waals surface area contributed by atoms with E-state index in [-0.39, 0.29) is 0 Å². The van der Waals surface area contributed by atoms with Crippen LogP contribution >= 0.6 is 0 Å². The molecule has 2 aromatic rings. The molecule has 0 atom stereocenters. The van der Waals surface area contributed by atoms with E-state index in [1.807, 2.05) is 13.1 Å². The maximum Gasteiger partial charge on any atom is 0.203 e. The van der Waals surface area contributed by atoms with Crippen LogP contribution in [0.15, 0.2) is 30.5 Å². The Morgan fingerprint density at radius 3 is 2.89 bits per heavy atom. The average Bonchev–Trinajstić information content (AvgIpc) is 2.74. The van der Waals surface area contributed by atoms with Gasteiger partial charge in [-0.2, -0.15) is 0 Å². The van der Waals surface area contributed by atoms with Crippen molar-refractivity contribution >= 4 is 5.95 Å². The molecule has 2 rings (SSSR count). The summed E-state index contributed by atoms with van der Waals surface area (Å²) >= 11 is 0. The molecule has 0 radical (unpaired) electrons. The first-order valence-corrected chi connectivity index (χ1v) is 6.51. The van der Waals surface area contributed by atoms with E-state index in [0.717, 1.165) is 24.7 Å². The van der Waals surface area contributed by atoms with E-state index in [9.17, 15) is 0 Å². The molecule has 1 heterocycles. The van der Waals surface area contributed by atoms with Crippen LogP contribution in [-0.4, -0.2) is 23.3 Å². The molecule has 0 aliphatic carbocycles. The van der Waals surface area contributed by atoms with Crippen LogP contribution < -0.4 is 5.32 Å². The lowest BCUT2D eigenvalue weighted by Crippen LogP contribution is -2.10. The number of nitrogens with zero attached hydrogens (tertiary/aromatic N) is 2. The molecule has 0 aliphatic rings. The smallest absolute Gasteiger partial charge is 0.203 e. The van der Waals surface area contributed by atoms with Gasteiger partial charge in [-0.3, -0.25) is 0 Å². The number of hydrogen-bond acceptors (Lipinski definition) is 3. The van der Waals surface area contributed by atoms with Crippen LogP contribution in [0.2, 0.25) is 0 Å². The molecule has 0 unspecified atom stereocenters. The van der Waals surface area contributed by atoms with Gasteiger partial charge in [0.05, 0.1) is 12.3 Å². The number of aromatic nitrogens is 2. The second-order valence-corrected chi connectivity index (χ2v) is 4.73. The fourth-order valence-electron chi connectivity index (χ4n) is 2.05. The molecule has 0 fully saturated rings. The zero-order chi connectivity index (χ0) is 13.7. The maximum absolute atomic E-state index is 5.11. The van der Waals surface area contributed by atoms with Gasteiger partial charge in [0, 0.05) is 26.4 Å². The van der Waals surface area contributed by atoms with Crippen LogP contribution in [-0.2, 0) is 17.8 Å². The zero-order valence-electron chi connectivity index (χ0n) is 11.8. The number of rotatable bonds is 6. The zero-order valence-corrected chi connectivity index (χ0v) is 11.8. The summed E-state index contributed by atoms with van der Waals surface area (Å²) in [6.07, 6.45) is 2.04. The standard InChI is InChI=1S/C15H21N3O/c1-12-5-4-6-14(9-12)10-16-15-17-13(2)11-18(15)7-8-19-3/h4-6,9,11H,7-8,10H2,1-3H3,(H,16,17). The van der Waals surface area contributed by atoms with Crippen molar-refractivity contribution in [3.8, 4) is 0 Å². The molecule has 4 heteroatoms. The summed E-state index contributed by atoms with van der Waals surface area (Å²) in [7, 11) is 1.71. The number of anilines is 1. The van der Waals surface area contributed by atoms with E-state index in [1.54, 1.807) is 7.11 Å². The SMILES string of the molecule is COCCn1cc(C)nc1NCc1cccc(C)c1.